The van der Waals surface area contributed by atoms with Gasteiger partial charge in [0.15, 0.2) is 0 Å². The van der Waals surface area contributed by atoms with E-state index in [1.807, 2.05) is 70.1 Å². The maximum atomic E-state index is 13.8. The molecule has 0 radical (unpaired) electrons. The fourth-order valence-corrected chi connectivity index (χ4v) is 5.58. The predicted octanol–water partition coefficient (Wildman–Crippen LogP) is 6.81. The van der Waals surface area contributed by atoms with Crippen LogP contribution in [-0.2, 0) is 29.1 Å². The van der Waals surface area contributed by atoms with E-state index in [2.05, 4.69) is 42.3 Å². The van der Waals surface area contributed by atoms with Crippen LogP contribution in [0.1, 0.15) is 42.7 Å². The molecule has 0 aliphatic heterocycles. The van der Waals surface area contributed by atoms with Crippen molar-refractivity contribution >= 4 is 34.4 Å². The Morgan fingerprint density at radius 2 is 1.70 bits per heavy atom. The molecule has 0 unspecified atom stereocenters. The third-order valence-electron chi connectivity index (χ3n) is 8.51. The number of nitro benzene ring substituents is 1. The lowest BCUT2D eigenvalue weighted by Crippen LogP contribution is -2.49. The van der Waals surface area contributed by atoms with Crippen molar-refractivity contribution in [2.24, 2.45) is 5.92 Å². The first-order valence-electron chi connectivity index (χ1n) is 15.8. The topological polar surface area (TPSA) is 110 Å². The van der Waals surface area contributed by atoms with Gasteiger partial charge in [-0.15, -0.1) is 0 Å². The number of fused-ring (bicyclic) bond motifs is 1. The lowest BCUT2D eigenvalue weighted by Gasteiger charge is -2.31. The summed E-state index contributed by atoms with van der Waals surface area (Å²) in [4.78, 5) is 44.0. The Hall–Kier alpha value is -5.57. The van der Waals surface area contributed by atoms with Crippen LogP contribution < -0.4 is 5.32 Å². The summed E-state index contributed by atoms with van der Waals surface area (Å²) in [5.74, 6) is -0.200. The van der Waals surface area contributed by atoms with Gasteiger partial charge in [0.2, 0.25) is 11.8 Å². The zero-order chi connectivity index (χ0) is 33.2. The van der Waals surface area contributed by atoms with Gasteiger partial charge >= 0.3 is 0 Å². The zero-order valence-electron chi connectivity index (χ0n) is 26.7. The molecule has 5 rings (SSSR count). The van der Waals surface area contributed by atoms with E-state index >= 15 is 0 Å². The lowest BCUT2D eigenvalue weighted by atomic mass is 9.97. The number of carbonyl (C=O) groups excluding carboxylic acids is 2. The highest BCUT2D eigenvalue weighted by Crippen LogP contribution is 2.22. The van der Waals surface area contributed by atoms with Crippen molar-refractivity contribution in [3.8, 4) is 0 Å². The summed E-state index contributed by atoms with van der Waals surface area (Å²) < 4.78 is 1.86. The van der Waals surface area contributed by atoms with E-state index < -0.39 is 4.92 Å². The second kappa shape index (κ2) is 15.6. The van der Waals surface area contributed by atoms with E-state index in [9.17, 15) is 19.7 Å². The highest BCUT2D eigenvalue weighted by molar-refractivity contribution is 5.92. The molecule has 9 nitrogen and oxygen atoms in total. The summed E-state index contributed by atoms with van der Waals surface area (Å²) in [5, 5.41) is 16.4. The highest BCUT2D eigenvalue weighted by atomic mass is 16.6. The smallest absolute Gasteiger partial charge is 0.269 e. The Morgan fingerprint density at radius 3 is 2.45 bits per heavy atom. The average Bonchev–Trinajstić information content (AvgIpc) is 3.52. The molecule has 0 saturated carbocycles. The van der Waals surface area contributed by atoms with Gasteiger partial charge in [0, 0.05) is 55.8 Å². The molecule has 2 amide bonds. The Balaban J connectivity index is 1.34. The lowest BCUT2D eigenvalue weighted by molar-refractivity contribution is -0.384. The number of nitrogens with zero attached hydrogens (tertiary/aromatic N) is 4. The van der Waals surface area contributed by atoms with E-state index in [4.69, 9.17) is 0 Å². The molecule has 0 bridgehead atoms. The van der Waals surface area contributed by atoms with Gasteiger partial charge in [-0.3, -0.25) is 19.7 Å². The van der Waals surface area contributed by atoms with Crippen molar-refractivity contribution in [2.75, 3.05) is 6.54 Å². The maximum absolute atomic E-state index is 13.8. The molecular weight excluding hydrogens is 590 g/mol. The van der Waals surface area contributed by atoms with E-state index in [1.165, 1.54) is 12.1 Å². The standard InChI is InChI=1S/C38H39N5O4/c1-3-28(2)36(40-37(44)22-34-23-39-27-42(34)24-30-16-19-33(20-17-30)43(46)47)26-41(38(45)21-18-29-10-5-4-6-11-29)25-32-14-9-13-31-12-7-8-15-35(31)32/h4-21,23,27-28,36H,3,22,24-26H2,1-2H3,(H,40,44)/t28-,36+/m0/s1. The summed E-state index contributed by atoms with van der Waals surface area (Å²) >= 11 is 0. The summed E-state index contributed by atoms with van der Waals surface area (Å²) in [7, 11) is 0. The monoisotopic (exact) mass is 629 g/mol. The number of hydrogen-bond acceptors (Lipinski definition) is 5. The Morgan fingerprint density at radius 1 is 0.979 bits per heavy atom. The Kier molecular flexibility index (Phi) is 10.9. The van der Waals surface area contributed by atoms with Gasteiger partial charge in [0.05, 0.1) is 17.7 Å². The van der Waals surface area contributed by atoms with Crippen LogP contribution in [0.5, 0.6) is 0 Å². The number of rotatable bonds is 14. The molecule has 0 aliphatic carbocycles. The van der Waals surface area contributed by atoms with E-state index in [1.54, 1.807) is 30.7 Å². The normalized spacial score (nSPS) is 12.6. The first-order valence-corrected chi connectivity index (χ1v) is 15.8. The molecule has 1 N–H and O–H groups in total. The second-order valence-corrected chi connectivity index (χ2v) is 11.8. The number of non-ortho nitro benzene ring substituents is 1. The van der Waals surface area contributed by atoms with Crippen molar-refractivity contribution in [1.82, 2.24) is 19.8 Å². The molecule has 0 saturated heterocycles. The summed E-state index contributed by atoms with van der Waals surface area (Å²) in [6.07, 6.45) is 7.66. The Bertz CT molecular complexity index is 1840. The molecule has 47 heavy (non-hydrogen) atoms. The van der Waals surface area contributed by atoms with Crippen molar-refractivity contribution in [1.29, 1.82) is 0 Å². The van der Waals surface area contributed by atoms with Crippen LogP contribution >= 0.6 is 0 Å². The van der Waals surface area contributed by atoms with Crippen LogP contribution in [0, 0.1) is 16.0 Å². The first-order chi connectivity index (χ1) is 22.8. The van der Waals surface area contributed by atoms with Crippen molar-refractivity contribution < 1.29 is 14.5 Å². The van der Waals surface area contributed by atoms with Crippen LogP contribution in [0.2, 0.25) is 0 Å². The number of carbonyl (C=O) groups is 2. The summed E-state index contributed by atoms with van der Waals surface area (Å²) in [6.45, 7) is 5.32. The van der Waals surface area contributed by atoms with Crippen LogP contribution in [0.3, 0.4) is 0 Å². The minimum atomic E-state index is -0.430. The number of hydrogen-bond donors (Lipinski definition) is 1. The minimum Gasteiger partial charge on any atom is -0.351 e. The van der Waals surface area contributed by atoms with Crippen LogP contribution in [0.15, 0.2) is 116 Å². The van der Waals surface area contributed by atoms with Crippen LogP contribution in [0.4, 0.5) is 5.69 Å². The van der Waals surface area contributed by atoms with Crippen LogP contribution in [0.25, 0.3) is 16.8 Å². The van der Waals surface area contributed by atoms with Gasteiger partial charge in [0.25, 0.3) is 5.69 Å². The van der Waals surface area contributed by atoms with Gasteiger partial charge in [-0.25, -0.2) is 4.98 Å². The number of nitro groups is 1. The molecule has 4 aromatic carbocycles. The number of nitrogens with one attached hydrogen (secondary N) is 1. The summed E-state index contributed by atoms with van der Waals surface area (Å²) in [5.41, 5.74) is 3.58. The van der Waals surface area contributed by atoms with Crippen LogP contribution in [-0.4, -0.2) is 43.8 Å². The Labute approximate surface area is 274 Å². The van der Waals surface area contributed by atoms with Crippen molar-refractivity contribution in [2.45, 2.75) is 45.8 Å². The molecule has 2 atom stereocenters. The molecule has 0 fully saturated rings. The number of aromatic nitrogens is 2. The van der Waals surface area contributed by atoms with Gasteiger partial charge in [-0.05, 0) is 39.5 Å². The second-order valence-electron chi connectivity index (χ2n) is 11.8. The molecule has 0 spiro atoms. The van der Waals surface area contributed by atoms with E-state index in [0.717, 1.165) is 39.6 Å². The molecule has 5 aromatic rings. The van der Waals surface area contributed by atoms with Crippen molar-refractivity contribution in [3.05, 3.63) is 148 Å². The third kappa shape index (κ3) is 8.79. The van der Waals surface area contributed by atoms with Gasteiger partial charge in [-0.2, -0.15) is 0 Å². The molecular formula is C38H39N5O4. The largest absolute Gasteiger partial charge is 0.351 e. The quantitative estimate of drug-likeness (QED) is 0.0825. The fraction of sp³-hybridized carbons (Fsp3) is 0.237. The van der Waals surface area contributed by atoms with Gasteiger partial charge < -0.3 is 14.8 Å². The van der Waals surface area contributed by atoms with E-state index in [-0.39, 0.29) is 35.9 Å². The maximum Gasteiger partial charge on any atom is 0.269 e. The van der Waals surface area contributed by atoms with Crippen molar-refractivity contribution in [3.63, 3.8) is 0 Å². The molecule has 0 aliphatic rings. The molecule has 240 valence electrons. The fourth-order valence-electron chi connectivity index (χ4n) is 5.58. The minimum absolute atomic E-state index is 0.0265. The molecule has 1 aromatic heterocycles. The molecule has 9 heteroatoms. The van der Waals surface area contributed by atoms with Gasteiger partial charge in [0.1, 0.15) is 0 Å². The SMILES string of the molecule is CC[C@H](C)[C@@H](CN(Cc1cccc2ccccc12)C(=O)C=Cc1ccccc1)NC(=O)Cc1cncn1Cc1ccc([N+](=O)[O-])cc1. The molecule has 1 heterocycles. The summed E-state index contributed by atoms with van der Waals surface area (Å²) in [6, 6.07) is 30.0. The van der Waals surface area contributed by atoms with E-state index in [0.29, 0.717) is 19.6 Å². The highest BCUT2D eigenvalue weighted by Gasteiger charge is 2.25. The number of amides is 2. The average molecular weight is 630 g/mol. The van der Waals surface area contributed by atoms with Gasteiger partial charge in [-0.1, -0.05) is 105 Å². The predicted molar refractivity (Wildman–Crippen MR) is 184 cm³/mol. The third-order valence-corrected chi connectivity index (χ3v) is 8.51. The number of imidazole rings is 1. The number of benzene rings is 4. The first kappa shape index (κ1) is 32.8. The zero-order valence-corrected chi connectivity index (χ0v) is 26.7.